The van der Waals surface area contributed by atoms with Crippen molar-refractivity contribution < 1.29 is 24.2 Å². The van der Waals surface area contributed by atoms with E-state index in [2.05, 4.69) is 0 Å². The number of hydrogen-bond acceptors (Lipinski definition) is 6. The number of cyclic esters (lactones) is 1. The summed E-state index contributed by atoms with van der Waals surface area (Å²) >= 11 is 1.53. The molecule has 2 saturated heterocycles. The minimum atomic E-state index is -0.975. The van der Waals surface area contributed by atoms with Crippen LogP contribution in [0.15, 0.2) is 85.0 Å². The molecule has 2 amide bonds. The molecule has 6 rings (SSSR count). The van der Waals surface area contributed by atoms with Crippen LogP contribution in [0.3, 0.4) is 0 Å². The zero-order chi connectivity index (χ0) is 27.9. The van der Waals surface area contributed by atoms with Crippen LogP contribution in [0.2, 0.25) is 0 Å². The van der Waals surface area contributed by atoms with Crippen LogP contribution in [-0.4, -0.2) is 74.0 Å². The summed E-state index contributed by atoms with van der Waals surface area (Å²) in [5, 5.41) is 10.6. The molecule has 4 aliphatic rings. The van der Waals surface area contributed by atoms with E-state index in [-0.39, 0.29) is 25.0 Å². The van der Waals surface area contributed by atoms with E-state index in [4.69, 9.17) is 4.74 Å². The highest BCUT2D eigenvalue weighted by Crippen LogP contribution is 2.65. The number of benzene rings is 2. The molecule has 0 aliphatic carbocycles. The number of fused-ring (bicyclic) bond motifs is 2. The van der Waals surface area contributed by atoms with Gasteiger partial charge in [0.2, 0.25) is 11.8 Å². The Hall–Kier alpha value is -3.36. The summed E-state index contributed by atoms with van der Waals surface area (Å²) in [4.78, 5) is 46.1. The van der Waals surface area contributed by atoms with Gasteiger partial charge in [0.15, 0.2) is 0 Å². The van der Waals surface area contributed by atoms with Crippen LogP contribution in [0.1, 0.15) is 24.5 Å². The van der Waals surface area contributed by atoms with Gasteiger partial charge in [-0.05, 0) is 30.9 Å². The number of carbonyl (C=O) groups is 3. The van der Waals surface area contributed by atoms with E-state index in [1.807, 2.05) is 91.9 Å². The highest BCUT2D eigenvalue weighted by Gasteiger charge is 2.74. The summed E-state index contributed by atoms with van der Waals surface area (Å²) in [6.45, 7) is 2.74. The van der Waals surface area contributed by atoms with Gasteiger partial charge in [-0.25, -0.2) is 0 Å². The van der Waals surface area contributed by atoms with Gasteiger partial charge in [-0.1, -0.05) is 85.0 Å². The largest absolute Gasteiger partial charge is 0.465 e. The molecule has 4 heterocycles. The number of ether oxygens (including phenoxy) is 1. The van der Waals surface area contributed by atoms with Crippen LogP contribution in [0.4, 0.5) is 0 Å². The first kappa shape index (κ1) is 26.8. The van der Waals surface area contributed by atoms with Crippen LogP contribution >= 0.6 is 11.8 Å². The van der Waals surface area contributed by atoms with Crippen molar-refractivity contribution in [1.29, 1.82) is 0 Å². The van der Waals surface area contributed by atoms with Gasteiger partial charge in [-0.3, -0.25) is 14.4 Å². The number of aliphatic hydroxyl groups is 1. The molecule has 2 fully saturated rings. The van der Waals surface area contributed by atoms with Gasteiger partial charge in [-0.2, -0.15) is 0 Å². The smallest absolute Gasteiger partial charge is 0.311 e. The number of carbonyl (C=O) groups excluding carboxylic acids is 3. The zero-order valence-corrected chi connectivity index (χ0v) is 23.3. The van der Waals surface area contributed by atoms with Crippen molar-refractivity contribution in [2.24, 2.45) is 11.8 Å². The number of nitrogens with zero attached hydrogens (tertiary/aromatic N) is 2. The van der Waals surface area contributed by atoms with Crippen LogP contribution in [0, 0.1) is 11.8 Å². The normalized spacial score (nSPS) is 32.0. The summed E-state index contributed by atoms with van der Waals surface area (Å²) in [6, 6.07) is 18.0. The van der Waals surface area contributed by atoms with E-state index in [1.165, 1.54) is 11.8 Å². The molecule has 0 radical (unpaired) electrons. The molecular weight excluding hydrogens is 524 g/mol. The molecule has 40 heavy (non-hydrogen) atoms. The maximum absolute atomic E-state index is 14.6. The lowest BCUT2D eigenvalue weighted by atomic mass is 9.74. The van der Waals surface area contributed by atoms with Crippen molar-refractivity contribution in [3.05, 3.63) is 96.1 Å². The van der Waals surface area contributed by atoms with Crippen molar-refractivity contribution in [3.63, 3.8) is 0 Å². The van der Waals surface area contributed by atoms with Gasteiger partial charge in [0.1, 0.15) is 6.04 Å². The first-order valence-corrected chi connectivity index (χ1v) is 14.7. The summed E-state index contributed by atoms with van der Waals surface area (Å²) < 4.78 is 3.94. The fourth-order valence-corrected chi connectivity index (χ4v) is 9.09. The first-order valence-electron chi connectivity index (χ1n) is 13.9. The van der Waals surface area contributed by atoms with Crippen molar-refractivity contribution >= 4 is 29.5 Å². The molecule has 7 nitrogen and oxygen atoms in total. The Kier molecular flexibility index (Phi) is 7.09. The minimum absolute atomic E-state index is 0.168. The lowest BCUT2D eigenvalue weighted by Crippen LogP contribution is -2.57. The van der Waals surface area contributed by atoms with Crippen molar-refractivity contribution in [3.8, 4) is 0 Å². The summed E-state index contributed by atoms with van der Waals surface area (Å²) in [7, 11) is 0. The van der Waals surface area contributed by atoms with Crippen LogP contribution in [0.25, 0.3) is 0 Å². The Morgan fingerprint density at radius 3 is 2.35 bits per heavy atom. The van der Waals surface area contributed by atoms with Crippen molar-refractivity contribution in [2.75, 3.05) is 19.8 Å². The standard InChI is InChI=1S/C32H34N2O5S/c1-31-15-8-9-18-39-30(38)26(31)25-28(36)34(24(21-35)19-22-11-4-2-5-12-22)27-29(37)33(17-10-16-32(25,27)40-31)20-23-13-6-3-7-14-23/h2-8,10-16,24-27,35H,9,17-21H2,1H3/t24-,25+,26-,27?,31+,32+/m1/s1. The van der Waals surface area contributed by atoms with Gasteiger partial charge in [0.25, 0.3) is 0 Å². The number of esters is 1. The molecule has 0 bridgehead atoms. The van der Waals surface area contributed by atoms with Gasteiger partial charge in [0, 0.05) is 17.8 Å². The van der Waals surface area contributed by atoms with Gasteiger partial charge in [0.05, 0.1) is 35.8 Å². The molecule has 208 valence electrons. The van der Waals surface area contributed by atoms with Crippen LogP contribution < -0.4 is 0 Å². The number of rotatable bonds is 6. The van der Waals surface area contributed by atoms with Gasteiger partial charge >= 0.3 is 5.97 Å². The molecule has 1 spiro atoms. The second kappa shape index (κ2) is 10.6. The zero-order valence-electron chi connectivity index (χ0n) is 22.5. The molecule has 2 aromatic carbocycles. The topological polar surface area (TPSA) is 87.1 Å². The second-order valence-electron chi connectivity index (χ2n) is 11.2. The van der Waals surface area contributed by atoms with Crippen LogP contribution in [-0.2, 0) is 32.1 Å². The number of amides is 2. The lowest BCUT2D eigenvalue weighted by Gasteiger charge is -2.40. The Morgan fingerprint density at radius 1 is 0.950 bits per heavy atom. The molecule has 2 aromatic rings. The number of aliphatic hydroxyl groups excluding tert-OH is 1. The Balaban J connectivity index is 1.46. The van der Waals surface area contributed by atoms with E-state index in [1.54, 1.807) is 9.80 Å². The first-order chi connectivity index (χ1) is 19.4. The lowest BCUT2D eigenvalue weighted by molar-refractivity contribution is -0.154. The average molecular weight is 559 g/mol. The maximum atomic E-state index is 14.6. The average Bonchev–Trinajstić information content (AvgIpc) is 3.29. The third-order valence-corrected chi connectivity index (χ3v) is 10.5. The molecule has 4 aliphatic heterocycles. The SMILES string of the molecule is C[C@]12C=CCCOC(=O)[C@H]1[C@H]1C(=O)N([C@@H](CO)Cc3ccccc3)C3C(=O)N(Cc4ccccc4)CC=C[C@@]31S2. The number of likely N-dealkylation sites (tertiary alicyclic amines) is 1. The highest BCUT2D eigenvalue weighted by atomic mass is 32.2. The van der Waals surface area contributed by atoms with Crippen molar-refractivity contribution in [1.82, 2.24) is 9.80 Å². The van der Waals surface area contributed by atoms with E-state index in [0.717, 1.165) is 11.1 Å². The van der Waals surface area contributed by atoms with E-state index in [0.29, 0.717) is 25.9 Å². The Morgan fingerprint density at radius 2 is 1.65 bits per heavy atom. The highest BCUT2D eigenvalue weighted by molar-refractivity contribution is 8.02. The fourth-order valence-electron chi connectivity index (χ4n) is 6.95. The molecule has 1 N–H and O–H groups in total. The van der Waals surface area contributed by atoms with E-state index < -0.39 is 39.4 Å². The molecule has 0 aromatic heterocycles. The minimum Gasteiger partial charge on any atom is -0.465 e. The molecule has 0 saturated carbocycles. The maximum Gasteiger partial charge on any atom is 0.311 e. The van der Waals surface area contributed by atoms with Crippen LogP contribution in [0.5, 0.6) is 0 Å². The molecule has 8 heteroatoms. The van der Waals surface area contributed by atoms with E-state index in [9.17, 15) is 19.5 Å². The van der Waals surface area contributed by atoms with Gasteiger partial charge < -0.3 is 19.6 Å². The third-order valence-electron chi connectivity index (χ3n) is 8.68. The third kappa shape index (κ3) is 4.38. The summed E-state index contributed by atoms with van der Waals surface area (Å²) in [6.07, 6.45) is 9.02. The second-order valence-corrected chi connectivity index (χ2v) is 13.0. The monoisotopic (exact) mass is 558 g/mol. The molecule has 6 atom stereocenters. The van der Waals surface area contributed by atoms with E-state index >= 15 is 0 Å². The Labute approximate surface area is 238 Å². The Bertz CT molecular complexity index is 1350. The van der Waals surface area contributed by atoms with Crippen molar-refractivity contribution in [2.45, 2.75) is 47.9 Å². The quantitative estimate of drug-likeness (QED) is 0.432. The number of thioether (sulfide) groups is 1. The predicted molar refractivity (Wildman–Crippen MR) is 153 cm³/mol. The molecular formula is C32H34N2O5S. The van der Waals surface area contributed by atoms with Gasteiger partial charge in [-0.15, -0.1) is 11.8 Å². The predicted octanol–water partition coefficient (Wildman–Crippen LogP) is 3.38. The fraction of sp³-hybridized carbons (Fsp3) is 0.406. The number of hydrogen-bond donors (Lipinski definition) is 1. The summed E-state index contributed by atoms with van der Waals surface area (Å²) in [5.74, 6) is -2.37. The summed E-state index contributed by atoms with van der Waals surface area (Å²) in [5.41, 5.74) is 1.96. The molecule has 1 unspecified atom stereocenters.